The molecule has 0 saturated heterocycles. The quantitative estimate of drug-likeness (QED) is 0.650. The molecule has 0 aromatic heterocycles. The lowest BCUT2D eigenvalue weighted by Gasteiger charge is -2.18. The zero-order chi connectivity index (χ0) is 19.9. The Balaban J connectivity index is 1.43. The van der Waals surface area contributed by atoms with E-state index in [9.17, 15) is 9.59 Å². The van der Waals surface area contributed by atoms with Gasteiger partial charge in [-0.2, -0.15) is 0 Å². The van der Waals surface area contributed by atoms with E-state index in [2.05, 4.69) is 0 Å². The molecule has 0 N–H and O–H groups in total. The normalized spacial score (nSPS) is 11.8. The van der Waals surface area contributed by atoms with E-state index in [1.165, 1.54) is 4.90 Å². The van der Waals surface area contributed by atoms with Gasteiger partial charge in [0, 0.05) is 25.6 Å². The molecule has 0 saturated carbocycles. The molecule has 1 heterocycles. The van der Waals surface area contributed by atoms with Crippen LogP contribution in [0.3, 0.4) is 0 Å². The maximum atomic E-state index is 12.2. The monoisotopic (exact) mass is 385 g/mol. The number of amides is 1. The van der Waals surface area contributed by atoms with Crippen LogP contribution in [0, 0.1) is 0 Å². The minimum Gasteiger partial charge on any atom is -0.496 e. The number of para-hydroxylation sites is 1. The number of methoxy groups -OCH3 is 1. The van der Waals surface area contributed by atoms with Crippen LogP contribution in [-0.2, 0) is 27.3 Å². The minimum atomic E-state index is -0.420. The van der Waals surface area contributed by atoms with E-state index in [4.69, 9.17) is 18.9 Å². The number of likely N-dealkylation sites (N-methyl/N-ethyl adjacent to an activating group) is 1. The van der Waals surface area contributed by atoms with Gasteiger partial charge in [0.1, 0.15) is 5.75 Å². The van der Waals surface area contributed by atoms with Crippen molar-refractivity contribution >= 4 is 11.9 Å². The van der Waals surface area contributed by atoms with E-state index in [1.807, 2.05) is 42.5 Å². The summed E-state index contributed by atoms with van der Waals surface area (Å²) in [5.74, 6) is 1.40. The van der Waals surface area contributed by atoms with E-state index >= 15 is 0 Å². The third kappa shape index (κ3) is 4.94. The van der Waals surface area contributed by atoms with Crippen LogP contribution < -0.4 is 14.2 Å². The Morgan fingerprint density at radius 1 is 1.11 bits per heavy atom. The third-order valence-corrected chi connectivity index (χ3v) is 4.44. The van der Waals surface area contributed by atoms with Crippen LogP contribution in [-0.4, -0.2) is 44.3 Å². The predicted octanol–water partition coefficient (Wildman–Crippen LogP) is 2.56. The van der Waals surface area contributed by atoms with Crippen LogP contribution in [0.25, 0.3) is 0 Å². The number of carbonyl (C=O) groups excluding carboxylic acids is 2. The second kappa shape index (κ2) is 9.12. The van der Waals surface area contributed by atoms with E-state index in [0.29, 0.717) is 30.2 Å². The maximum Gasteiger partial charge on any atom is 0.306 e. The van der Waals surface area contributed by atoms with Gasteiger partial charge in [-0.1, -0.05) is 24.3 Å². The van der Waals surface area contributed by atoms with Gasteiger partial charge in [-0.3, -0.25) is 9.59 Å². The molecule has 0 spiro atoms. The van der Waals surface area contributed by atoms with Gasteiger partial charge in [0.25, 0.3) is 5.91 Å². The number of nitrogens with zero attached hydrogens (tertiary/aromatic N) is 1. The largest absolute Gasteiger partial charge is 0.496 e. The average molecular weight is 385 g/mol. The zero-order valence-electron chi connectivity index (χ0n) is 16.0. The molecule has 2 aromatic carbocycles. The average Bonchev–Trinajstić information content (AvgIpc) is 3.18. The van der Waals surface area contributed by atoms with Crippen molar-refractivity contribution in [2.24, 2.45) is 0 Å². The Morgan fingerprint density at radius 2 is 1.89 bits per heavy atom. The van der Waals surface area contributed by atoms with Gasteiger partial charge in [-0.15, -0.1) is 0 Å². The van der Waals surface area contributed by atoms with Crippen molar-refractivity contribution in [2.45, 2.75) is 19.4 Å². The number of hydrogen-bond acceptors (Lipinski definition) is 6. The number of carbonyl (C=O) groups is 2. The molecule has 1 aliphatic heterocycles. The molecule has 0 radical (unpaired) electrons. The highest BCUT2D eigenvalue weighted by Crippen LogP contribution is 2.32. The molecule has 7 nitrogen and oxygen atoms in total. The first-order valence-corrected chi connectivity index (χ1v) is 8.97. The zero-order valence-corrected chi connectivity index (χ0v) is 16.0. The Labute approximate surface area is 163 Å². The van der Waals surface area contributed by atoms with Crippen LogP contribution in [0.2, 0.25) is 0 Å². The predicted molar refractivity (Wildman–Crippen MR) is 101 cm³/mol. The molecule has 0 aliphatic carbocycles. The molecule has 0 unspecified atom stereocenters. The Morgan fingerprint density at radius 3 is 2.71 bits per heavy atom. The first-order valence-electron chi connectivity index (χ1n) is 8.97. The lowest BCUT2D eigenvalue weighted by atomic mass is 10.1. The summed E-state index contributed by atoms with van der Waals surface area (Å²) >= 11 is 0. The number of benzene rings is 2. The molecule has 7 heteroatoms. The molecule has 148 valence electrons. The van der Waals surface area contributed by atoms with E-state index in [-0.39, 0.29) is 25.7 Å². The molecule has 2 aromatic rings. The molecule has 28 heavy (non-hydrogen) atoms. The highest BCUT2D eigenvalue weighted by molar-refractivity contribution is 5.80. The SMILES string of the molecule is COc1ccccc1CN(C)C(=O)COC(=O)CCc1ccc2c(c1)OCO2. The molecule has 0 atom stereocenters. The fourth-order valence-corrected chi connectivity index (χ4v) is 2.84. The number of fused-ring (bicyclic) bond motifs is 1. The summed E-state index contributed by atoms with van der Waals surface area (Å²) in [5, 5.41) is 0. The summed E-state index contributed by atoms with van der Waals surface area (Å²) in [6, 6.07) is 13.0. The van der Waals surface area contributed by atoms with Crippen LogP contribution >= 0.6 is 0 Å². The Hall–Kier alpha value is -3.22. The molecule has 1 aliphatic rings. The summed E-state index contributed by atoms with van der Waals surface area (Å²) in [6.07, 6.45) is 0.684. The smallest absolute Gasteiger partial charge is 0.306 e. The van der Waals surface area contributed by atoms with Crippen molar-refractivity contribution in [3.63, 3.8) is 0 Å². The molecular weight excluding hydrogens is 362 g/mol. The van der Waals surface area contributed by atoms with Crippen molar-refractivity contribution in [3.8, 4) is 17.2 Å². The van der Waals surface area contributed by atoms with Crippen molar-refractivity contribution in [1.82, 2.24) is 4.90 Å². The van der Waals surface area contributed by atoms with Crippen molar-refractivity contribution in [3.05, 3.63) is 53.6 Å². The molecule has 0 fully saturated rings. The number of esters is 1. The van der Waals surface area contributed by atoms with Gasteiger partial charge >= 0.3 is 5.97 Å². The second-order valence-corrected chi connectivity index (χ2v) is 6.41. The van der Waals surface area contributed by atoms with Crippen molar-refractivity contribution < 1.29 is 28.5 Å². The maximum absolute atomic E-state index is 12.2. The number of rotatable bonds is 8. The summed E-state index contributed by atoms with van der Waals surface area (Å²) < 4.78 is 21.0. The number of aryl methyl sites for hydroxylation is 1. The number of hydrogen-bond donors (Lipinski definition) is 0. The van der Waals surface area contributed by atoms with Crippen molar-refractivity contribution in [1.29, 1.82) is 0 Å². The van der Waals surface area contributed by atoms with Gasteiger partial charge in [0.2, 0.25) is 6.79 Å². The lowest BCUT2D eigenvalue weighted by Crippen LogP contribution is -2.31. The third-order valence-electron chi connectivity index (χ3n) is 4.44. The first-order chi connectivity index (χ1) is 13.6. The van der Waals surface area contributed by atoms with E-state index < -0.39 is 5.97 Å². The van der Waals surface area contributed by atoms with Gasteiger partial charge in [-0.05, 0) is 30.2 Å². The summed E-state index contributed by atoms with van der Waals surface area (Å²) in [4.78, 5) is 25.7. The molecule has 3 rings (SSSR count). The highest BCUT2D eigenvalue weighted by atomic mass is 16.7. The van der Waals surface area contributed by atoms with Gasteiger partial charge in [0.15, 0.2) is 18.1 Å². The molecule has 0 bridgehead atoms. The van der Waals surface area contributed by atoms with E-state index in [1.54, 1.807) is 14.2 Å². The fourth-order valence-electron chi connectivity index (χ4n) is 2.84. The Bertz CT molecular complexity index is 851. The highest BCUT2D eigenvalue weighted by Gasteiger charge is 2.16. The van der Waals surface area contributed by atoms with Gasteiger partial charge in [0.05, 0.1) is 7.11 Å². The van der Waals surface area contributed by atoms with Crippen LogP contribution in [0.1, 0.15) is 17.5 Å². The summed E-state index contributed by atoms with van der Waals surface area (Å²) in [5.41, 5.74) is 1.83. The van der Waals surface area contributed by atoms with Crippen molar-refractivity contribution in [2.75, 3.05) is 27.6 Å². The van der Waals surface area contributed by atoms with Gasteiger partial charge < -0.3 is 23.8 Å². The first kappa shape index (κ1) is 19.5. The standard InChI is InChI=1S/C21H23NO6/c1-22(12-16-5-3-4-6-17(16)25-2)20(23)13-26-21(24)10-8-15-7-9-18-19(11-15)28-14-27-18/h3-7,9,11H,8,10,12-14H2,1-2H3. The number of ether oxygens (including phenoxy) is 4. The van der Waals surface area contributed by atoms with Crippen LogP contribution in [0.4, 0.5) is 0 Å². The summed E-state index contributed by atoms with van der Waals surface area (Å²) in [7, 11) is 3.25. The fraction of sp³-hybridized carbons (Fsp3) is 0.333. The van der Waals surface area contributed by atoms with E-state index in [0.717, 1.165) is 11.1 Å². The van der Waals surface area contributed by atoms with Crippen LogP contribution in [0.15, 0.2) is 42.5 Å². The lowest BCUT2D eigenvalue weighted by molar-refractivity contribution is -0.151. The summed E-state index contributed by atoms with van der Waals surface area (Å²) in [6.45, 7) is 0.300. The van der Waals surface area contributed by atoms with Gasteiger partial charge in [-0.25, -0.2) is 0 Å². The van der Waals surface area contributed by atoms with Crippen LogP contribution in [0.5, 0.6) is 17.2 Å². The molecule has 1 amide bonds. The Kier molecular flexibility index (Phi) is 6.37. The minimum absolute atomic E-state index is 0.184. The topological polar surface area (TPSA) is 74.3 Å². The molecular formula is C21H23NO6. The second-order valence-electron chi connectivity index (χ2n) is 6.41.